The second kappa shape index (κ2) is 9.72. The van der Waals surface area contributed by atoms with E-state index in [2.05, 4.69) is 15.3 Å². The number of carbonyl (C=O) groups is 2. The number of hydrogen-bond donors (Lipinski definition) is 2. The van der Waals surface area contributed by atoms with Crippen molar-refractivity contribution in [1.29, 1.82) is 0 Å². The van der Waals surface area contributed by atoms with Crippen molar-refractivity contribution in [1.82, 2.24) is 15.3 Å². The quantitative estimate of drug-likeness (QED) is 0.622. The molecule has 0 atom stereocenters. The van der Waals surface area contributed by atoms with Crippen molar-refractivity contribution in [2.24, 2.45) is 0 Å². The lowest BCUT2D eigenvalue weighted by molar-refractivity contribution is 0.0526. The zero-order valence-electron chi connectivity index (χ0n) is 16.2. The van der Waals surface area contributed by atoms with Gasteiger partial charge in [0.15, 0.2) is 5.69 Å². The number of hydrogen-bond acceptors (Lipinski definition) is 7. The van der Waals surface area contributed by atoms with Crippen LogP contribution in [-0.4, -0.2) is 45.9 Å². The van der Waals surface area contributed by atoms with Gasteiger partial charge < -0.3 is 24.3 Å². The van der Waals surface area contributed by atoms with Crippen LogP contribution in [0.4, 0.5) is 4.79 Å². The van der Waals surface area contributed by atoms with Crippen LogP contribution >= 0.6 is 0 Å². The summed E-state index contributed by atoms with van der Waals surface area (Å²) in [5.74, 6) is -0.556. The molecule has 0 aliphatic heterocycles. The Hall–Kier alpha value is -3.10. The first-order valence-corrected chi connectivity index (χ1v) is 8.99. The van der Waals surface area contributed by atoms with E-state index in [9.17, 15) is 9.59 Å². The Balaban J connectivity index is 1.68. The van der Waals surface area contributed by atoms with E-state index in [-0.39, 0.29) is 11.6 Å². The first kappa shape index (κ1) is 21.2. The normalized spacial score (nSPS) is 11.1. The first-order valence-electron chi connectivity index (χ1n) is 8.99. The summed E-state index contributed by atoms with van der Waals surface area (Å²) in [5.41, 5.74) is -0.0758. The third kappa shape index (κ3) is 7.26. The van der Waals surface area contributed by atoms with E-state index in [1.165, 1.54) is 0 Å². The summed E-state index contributed by atoms with van der Waals surface area (Å²) in [6.07, 6.45) is 4.69. The molecule has 0 aliphatic carbocycles. The highest BCUT2D eigenvalue weighted by molar-refractivity contribution is 5.85. The molecule has 0 spiro atoms. The third-order valence-electron chi connectivity index (χ3n) is 3.44. The molecule has 152 valence electrons. The molecule has 0 aliphatic rings. The minimum Gasteiger partial charge on any atom is -0.478 e. The number of aromatic carboxylic acids is 1. The summed E-state index contributed by atoms with van der Waals surface area (Å²) in [7, 11) is 0. The predicted molar refractivity (Wildman–Crippen MR) is 100 cm³/mol. The van der Waals surface area contributed by atoms with Crippen molar-refractivity contribution >= 4 is 12.1 Å². The van der Waals surface area contributed by atoms with Gasteiger partial charge in [0.2, 0.25) is 11.8 Å². The Morgan fingerprint density at radius 2 is 2.04 bits per heavy atom. The van der Waals surface area contributed by atoms with Crippen molar-refractivity contribution in [2.45, 2.75) is 45.6 Å². The molecule has 0 bridgehead atoms. The molecule has 2 aromatic rings. The second-order valence-corrected chi connectivity index (χ2v) is 7.06. The van der Waals surface area contributed by atoms with Crippen LogP contribution in [0.5, 0.6) is 5.88 Å². The lowest BCUT2D eigenvalue weighted by Crippen LogP contribution is -2.33. The molecule has 0 unspecified atom stereocenters. The Kier molecular flexibility index (Phi) is 7.36. The van der Waals surface area contributed by atoms with Gasteiger partial charge in [-0.15, -0.1) is 0 Å². The summed E-state index contributed by atoms with van der Waals surface area (Å²) in [6, 6.07) is 3.30. The number of alkyl carbamates (subject to hydrolysis) is 1. The molecule has 2 aromatic heterocycles. The fourth-order valence-electron chi connectivity index (χ4n) is 2.21. The SMILES string of the molecule is CC(C)(C)OC(=O)NCCCCCOc1cc(-c2nc(C(=O)O)co2)ccn1. The van der Waals surface area contributed by atoms with Crippen LogP contribution in [0.25, 0.3) is 11.5 Å². The zero-order chi connectivity index (χ0) is 20.6. The average molecular weight is 391 g/mol. The molecule has 2 rings (SSSR count). The minimum atomic E-state index is -1.15. The molecular weight excluding hydrogens is 366 g/mol. The summed E-state index contributed by atoms with van der Waals surface area (Å²) in [5, 5.41) is 11.6. The van der Waals surface area contributed by atoms with Gasteiger partial charge in [0, 0.05) is 24.4 Å². The predicted octanol–water partition coefficient (Wildman–Crippen LogP) is 3.51. The molecule has 0 saturated heterocycles. The lowest BCUT2D eigenvalue weighted by Gasteiger charge is -2.19. The van der Waals surface area contributed by atoms with Gasteiger partial charge in [-0.3, -0.25) is 0 Å². The van der Waals surface area contributed by atoms with Crippen molar-refractivity contribution < 1.29 is 28.6 Å². The Morgan fingerprint density at radius 1 is 1.25 bits per heavy atom. The highest BCUT2D eigenvalue weighted by atomic mass is 16.6. The number of amides is 1. The van der Waals surface area contributed by atoms with E-state index in [1.807, 2.05) is 20.8 Å². The van der Waals surface area contributed by atoms with E-state index >= 15 is 0 Å². The van der Waals surface area contributed by atoms with E-state index in [0.717, 1.165) is 25.5 Å². The number of pyridine rings is 1. The third-order valence-corrected chi connectivity index (χ3v) is 3.44. The van der Waals surface area contributed by atoms with Crippen LogP contribution < -0.4 is 10.1 Å². The van der Waals surface area contributed by atoms with Crippen LogP contribution in [-0.2, 0) is 4.74 Å². The van der Waals surface area contributed by atoms with E-state index in [1.54, 1.807) is 18.3 Å². The fraction of sp³-hybridized carbons (Fsp3) is 0.474. The van der Waals surface area contributed by atoms with Crippen molar-refractivity contribution in [3.8, 4) is 17.3 Å². The number of carbonyl (C=O) groups excluding carboxylic acids is 1. The number of nitrogens with zero attached hydrogens (tertiary/aromatic N) is 2. The van der Waals surface area contributed by atoms with Gasteiger partial charge in [-0.1, -0.05) is 0 Å². The highest BCUT2D eigenvalue weighted by Crippen LogP contribution is 2.21. The highest BCUT2D eigenvalue weighted by Gasteiger charge is 2.15. The number of unbranched alkanes of at least 4 members (excludes halogenated alkanes) is 2. The Morgan fingerprint density at radius 3 is 2.71 bits per heavy atom. The van der Waals surface area contributed by atoms with Gasteiger partial charge in [0.25, 0.3) is 0 Å². The van der Waals surface area contributed by atoms with Gasteiger partial charge in [0.1, 0.15) is 11.9 Å². The van der Waals surface area contributed by atoms with Gasteiger partial charge >= 0.3 is 12.1 Å². The number of carboxylic acid groups (broad SMARTS) is 1. The Bertz CT molecular complexity index is 797. The van der Waals surface area contributed by atoms with Crippen LogP contribution in [0.1, 0.15) is 50.5 Å². The molecule has 1 amide bonds. The molecule has 0 aromatic carbocycles. The maximum atomic E-state index is 11.5. The number of aromatic nitrogens is 2. The molecule has 28 heavy (non-hydrogen) atoms. The van der Waals surface area contributed by atoms with E-state index in [4.69, 9.17) is 19.0 Å². The van der Waals surface area contributed by atoms with E-state index < -0.39 is 17.7 Å². The average Bonchev–Trinajstić information content (AvgIpc) is 3.10. The summed E-state index contributed by atoms with van der Waals surface area (Å²) in [6.45, 7) is 6.47. The van der Waals surface area contributed by atoms with Gasteiger partial charge in [-0.05, 0) is 46.1 Å². The first-order chi connectivity index (χ1) is 13.2. The molecule has 0 fully saturated rings. The van der Waals surface area contributed by atoms with Crippen LogP contribution in [0, 0.1) is 0 Å². The molecule has 0 radical (unpaired) electrons. The molecule has 9 nitrogen and oxygen atoms in total. The van der Waals surface area contributed by atoms with Gasteiger partial charge in [-0.2, -0.15) is 0 Å². The largest absolute Gasteiger partial charge is 0.478 e. The lowest BCUT2D eigenvalue weighted by atomic mass is 10.2. The zero-order valence-corrected chi connectivity index (χ0v) is 16.2. The van der Waals surface area contributed by atoms with Crippen molar-refractivity contribution in [3.05, 3.63) is 30.3 Å². The van der Waals surface area contributed by atoms with E-state index in [0.29, 0.717) is 24.6 Å². The summed E-state index contributed by atoms with van der Waals surface area (Å²) >= 11 is 0. The second-order valence-electron chi connectivity index (χ2n) is 7.06. The van der Waals surface area contributed by atoms with Crippen molar-refractivity contribution in [2.75, 3.05) is 13.2 Å². The number of ether oxygens (including phenoxy) is 2. The molecule has 9 heteroatoms. The minimum absolute atomic E-state index is 0.158. The number of rotatable bonds is 9. The smallest absolute Gasteiger partial charge is 0.407 e. The molecule has 2 N–H and O–H groups in total. The van der Waals surface area contributed by atoms with Crippen LogP contribution in [0.2, 0.25) is 0 Å². The number of carboxylic acids is 1. The number of nitrogens with one attached hydrogen (secondary N) is 1. The molecule has 0 saturated carbocycles. The molecule has 2 heterocycles. The summed E-state index contributed by atoms with van der Waals surface area (Å²) in [4.78, 5) is 30.4. The van der Waals surface area contributed by atoms with Gasteiger partial charge in [-0.25, -0.2) is 19.6 Å². The maximum Gasteiger partial charge on any atom is 0.407 e. The maximum absolute atomic E-state index is 11.5. The van der Waals surface area contributed by atoms with Crippen LogP contribution in [0.15, 0.2) is 29.0 Å². The summed E-state index contributed by atoms with van der Waals surface area (Å²) < 4.78 is 15.9. The number of oxazole rings is 1. The monoisotopic (exact) mass is 391 g/mol. The van der Waals surface area contributed by atoms with Gasteiger partial charge in [0.05, 0.1) is 6.61 Å². The van der Waals surface area contributed by atoms with Crippen LogP contribution in [0.3, 0.4) is 0 Å². The fourth-order valence-corrected chi connectivity index (χ4v) is 2.21. The standard InChI is InChI=1S/C19H25N3O6/c1-19(2,3)28-18(25)21-8-5-4-6-10-26-15-11-13(7-9-20-15)16-22-14(12-27-16)17(23)24/h7,9,11-12H,4-6,8,10H2,1-3H3,(H,21,25)(H,23,24). The van der Waals surface area contributed by atoms with Crippen molar-refractivity contribution in [3.63, 3.8) is 0 Å². The topological polar surface area (TPSA) is 124 Å². The Labute approximate surface area is 163 Å². The molecular formula is C19H25N3O6.